The molecule has 0 bridgehead atoms. The van der Waals surface area contributed by atoms with Crippen molar-refractivity contribution in [2.45, 2.75) is 6.92 Å². The van der Waals surface area contributed by atoms with Crippen LogP contribution >= 0.6 is 34.5 Å². The van der Waals surface area contributed by atoms with E-state index in [-0.39, 0.29) is 5.91 Å². The molecule has 0 saturated heterocycles. The van der Waals surface area contributed by atoms with E-state index < -0.39 is 0 Å². The molecule has 0 radical (unpaired) electrons. The van der Waals surface area contributed by atoms with E-state index in [1.165, 1.54) is 11.3 Å². The minimum absolute atomic E-state index is 0.200. The smallest absolute Gasteiger partial charge is 0.265 e. The van der Waals surface area contributed by atoms with Crippen LogP contribution in [0.4, 0.5) is 5.69 Å². The summed E-state index contributed by atoms with van der Waals surface area (Å²) in [6, 6.07) is 6.72. The molecule has 2 aromatic heterocycles. The van der Waals surface area contributed by atoms with Gasteiger partial charge in [0.25, 0.3) is 5.91 Å². The normalized spacial score (nSPS) is 10.3. The lowest BCUT2D eigenvalue weighted by atomic mass is 10.3. The summed E-state index contributed by atoms with van der Waals surface area (Å²) in [4.78, 5) is 16.5. The van der Waals surface area contributed by atoms with Crippen molar-refractivity contribution < 1.29 is 4.79 Å². The highest BCUT2D eigenvalue weighted by Gasteiger charge is 2.10. The number of nitrogens with zero attached hydrogens (tertiary/aromatic N) is 1. The Bertz CT molecular complexity index is 568. The zero-order valence-electron chi connectivity index (χ0n) is 8.83. The fourth-order valence-electron chi connectivity index (χ4n) is 1.28. The summed E-state index contributed by atoms with van der Waals surface area (Å²) in [5.41, 5.74) is 1.32. The average Bonchev–Trinajstić information content (AvgIpc) is 2.69. The van der Waals surface area contributed by atoms with Crippen LogP contribution in [0.3, 0.4) is 0 Å². The van der Waals surface area contributed by atoms with Crippen LogP contribution in [0.25, 0.3) is 0 Å². The molecule has 0 saturated carbocycles. The van der Waals surface area contributed by atoms with Crippen LogP contribution in [0.5, 0.6) is 0 Å². The molecule has 3 nitrogen and oxygen atoms in total. The summed E-state index contributed by atoms with van der Waals surface area (Å²) in [7, 11) is 0. The lowest BCUT2D eigenvalue weighted by Crippen LogP contribution is -2.11. The van der Waals surface area contributed by atoms with Crippen molar-refractivity contribution in [3.63, 3.8) is 0 Å². The summed E-state index contributed by atoms with van der Waals surface area (Å²) in [5.74, 6) is -0.200. The Labute approximate surface area is 112 Å². The molecule has 0 aromatic carbocycles. The first-order chi connectivity index (χ1) is 8.06. The van der Waals surface area contributed by atoms with Crippen LogP contribution < -0.4 is 5.32 Å². The highest BCUT2D eigenvalue weighted by Crippen LogP contribution is 2.23. The van der Waals surface area contributed by atoms with E-state index in [4.69, 9.17) is 23.2 Å². The minimum Gasteiger partial charge on any atom is -0.320 e. The zero-order valence-corrected chi connectivity index (χ0v) is 11.2. The molecular weight excluding hydrogens is 279 g/mol. The van der Waals surface area contributed by atoms with Gasteiger partial charge in [0.15, 0.2) is 0 Å². The van der Waals surface area contributed by atoms with Gasteiger partial charge in [-0.3, -0.25) is 4.79 Å². The number of amides is 1. The highest BCUT2D eigenvalue weighted by atomic mass is 35.5. The highest BCUT2D eigenvalue weighted by molar-refractivity contribution is 7.18. The van der Waals surface area contributed by atoms with E-state index >= 15 is 0 Å². The van der Waals surface area contributed by atoms with Crippen LogP contribution in [-0.2, 0) is 0 Å². The third-order valence-corrected chi connectivity index (χ3v) is 3.54. The van der Waals surface area contributed by atoms with E-state index in [2.05, 4.69) is 10.3 Å². The molecule has 6 heteroatoms. The first-order valence-corrected chi connectivity index (χ1v) is 6.33. The maximum Gasteiger partial charge on any atom is 0.265 e. The van der Waals surface area contributed by atoms with Gasteiger partial charge in [-0.15, -0.1) is 11.3 Å². The number of halogens is 2. The Morgan fingerprint density at radius 1 is 1.29 bits per heavy atom. The number of nitrogens with one attached hydrogen (secondary N) is 1. The van der Waals surface area contributed by atoms with Crippen LogP contribution in [0.1, 0.15) is 15.4 Å². The first-order valence-electron chi connectivity index (χ1n) is 4.76. The van der Waals surface area contributed by atoms with Gasteiger partial charge >= 0.3 is 0 Å². The number of hydrogen-bond acceptors (Lipinski definition) is 3. The van der Waals surface area contributed by atoms with Crippen molar-refractivity contribution in [2.75, 3.05) is 5.32 Å². The first kappa shape index (κ1) is 12.4. The molecule has 0 spiro atoms. The van der Waals surface area contributed by atoms with E-state index in [1.54, 1.807) is 31.2 Å². The number of carbonyl (C=O) groups excluding carboxylic acids is 1. The molecule has 0 fully saturated rings. The topological polar surface area (TPSA) is 42.0 Å². The van der Waals surface area contributed by atoms with Crippen LogP contribution in [-0.4, -0.2) is 10.9 Å². The van der Waals surface area contributed by atoms with Gasteiger partial charge in [-0.05, 0) is 31.2 Å². The Morgan fingerprint density at radius 3 is 2.65 bits per heavy atom. The number of aryl methyl sites for hydroxylation is 1. The summed E-state index contributed by atoms with van der Waals surface area (Å²) < 4.78 is 0.584. The lowest BCUT2D eigenvalue weighted by molar-refractivity contribution is 0.103. The van der Waals surface area contributed by atoms with Crippen molar-refractivity contribution in [1.29, 1.82) is 0 Å². The molecule has 0 atom stereocenters. The fourth-order valence-corrected chi connectivity index (χ4v) is 2.41. The fraction of sp³-hybridized carbons (Fsp3) is 0.0909. The van der Waals surface area contributed by atoms with Gasteiger partial charge in [0, 0.05) is 0 Å². The predicted octanol–water partition coefficient (Wildman–Crippen LogP) is 4.01. The largest absolute Gasteiger partial charge is 0.320 e. The molecule has 17 heavy (non-hydrogen) atoms. The minimum atomic E-state index is -0.200. The second-order valence-electron chi connectivity index (χ2n) is 3.32. The third kappa shape index (κ3) is 2.97. The lowest BCUT2D eigenvalue weighted by Gasteiger charge is -2.06. The second-order valence-corrected chi connectivity index (χ2v) is 5.43. The molecule has 2 aromatic rings. The average molecular weight is 287 g/mol. The summed E-state index contributed by atoms with van der Waals surface area (Å²) in [6.07, 6.45) is 0. The van der Waals surface area contributed by atoms with Crippen molar-refractivity contribution in [1.82, 2.24) is 4.98 Å². The maximum absolute atomic E-state index is 11.8. The Hall–Kier alpha value is -1.10. The molecule has 2 heterocycles. The molecule has 0 unspecified atom stereocenters. The summed E-state index contributed by atoms with van der Waals surface area (Å²) in [6.45, 7) is 1.78. The number of pyridine rings is 1. The van der Waals surface area contributed by atoms with Gasteiger partial charge < -0.3 is 5.32 Å². The van der Waals surface area contributed by atoms with Gasteiger partial charge in [0.2, 0.25) is 0 Å². The third-order valence-electron chi connectivity index (χ3n) is 2.10. The maximum atomic E-state index is 11.8. The molecule has 0 aliphatic carbocycles. The Morgan fingerprint density at radius 2 is 2.06 bits per heavy atom. The Kier molecular flexibility index (Phi) is 3.66. The number of rotatable bonds is 2. The molecule has 1 amide bonds. The molecular formula is C11H8Cl2N2OS. The summed E-state index contributed by atoms with van der Waals surface area (Å²) >= 11 is 12.7. The van der Waals surface area contributed by atoms with Gasteiger partial charge in [-0.1, -0.05) is 23.2 Å². The zero-order chi connectivity index (χ0) is 12.4. The molecule has 1 N–H and O–H groups in total. The molecule has 2 rings (SSSR count). The van der Waals surface area contributed by atoms with Crippen LogP contribution in [0, 0.1) is 6.92 Å². The molecule has 0 aliphatic heterocycles. The quantitative estimate of drug-likeness (QED) is 0.848. The predicted molar refractivity (Wildman–Crippen MR) is 71.3 cm³/mol. The standard InChI is InChI=1S/C11H8Cl2N2OS/c1-6-7(2-4-9(12)14-6)15-11(16)8-3-5-10(13)17-8/h2-5H,1H3,(H,15,16). The van der Waals surface area contributed by atoms with E-state index in [9.17, 15) is 4.79 Å². The van der Waals surface area contributed by atoms with Crippen LogP contribution in [0.15, 0.2) is 24.3 Å². The summed E-state index contributed by atoms with van der Waals surface area (Å²) in [5, 5.41) is 3.16. The van der Waals surface area contributed by atoms with E-state index in [0.29, 0.717) is 25.7 Å². The number of aromatic nitrogens is 1. The number of carbonyl (C=O) groups is 1. The van der Waals surface area contributed by atoms with Crippen molar-refractivity contribution in [2.24, 2.45) is 0 Å². The molecule has 88 valence electrons. The second kappa shape index (κ2) is 5.04. The van der Waals surface area contributed by atoms with E-state index in [0.717, 1.165) is 0 Å². The van der Waals surface area contributed by atoms with E-state index in [1.807, 2.05) is 0 Å². The van der Waals surface area contributed by atoms with Crippen LogP contribution in [0.2, 0.25) is 9.49 Å². The SMILES string of the molecule is Cc1nc(Cl)ccc1NC(=O)c1ccc(Cl)s1. The molecule has 0 aliphatic rings. The van der Waals surface area contributed by atoms with Gasteiger partial charge in [0.1, 0.15) is 5.15 Å². The van der Waals surface area contributed by atoms with Crippen molar-refractivity contribution in [3.05, 3.63) is 44.3 Å². The van der Waals surface area contributed by atoms with Gasteiger partial charge in [0.05, 0.1) is 20.6 Å². The number of thiophene rings is 1. The van der Waals surface area contributed by atoms with Gasteiger partial charge in [-0.25, -0.2) is 4.98 Å². The number of anilines is 1. The van der Waals surface area contributed by atoms with Crippen molar-refractivity contribution in [3.8, 4) is 0 Å². The number of hydrogen-bond donors (Lipinski definition) is 1. The monoisotopic (exact) mass is 286 g/mol. The van der Waals surface area contributed by atoms with Crippen molar-refractivity contribution >= 4 is 46.1 Å². The van der Waals surface area contributed by atoms with Gasteiger partial charge in [-0.2, -0.15) is 0 Å². The Balaban J connectivity index is 2.18.